The molecule has 1 aliphatic heterocycles. The molecule has 4 rings (SSSR count). The second kappa shape index (κ2) is 7.37. The summed E-state index contributed by atoms with van der Waals surface area (Å²) in [4.78, 5) is 35.0. The standard InChI is InChI=1S/C21H21F3N4O2/c1-13-25-7-5-17(26-13)18(29)27-15-10-20(12-21(23,24)11-15)6-8-28(19(20)30)16-4-2-3-14(22)9-16/h2-5,7,9,15H,6,8,10-12H2,1H3,(H,27,29)/t15-,20?/m0/s1. The van der Waals surface area contributed by atoms with Crippen LogP contribution in [0.2, 0.25) is 0 Å². The Bertz CT molecular complexity index is 1000. The van der Waals surface area contributed by atoms with E-state index < -0.39 is 47.9 Å². The summed E-state index contributed by atoms with van der Waals surface area (Å²) < 4.78 is 42.8. The van der Waals surface area contributed by atoms with Crippen molar-refractivity contribution in [1.29, 1.82) is 0 Å². The number of carbonyl (C=O) groups excluding carboxylic acids is 2. The SMILES string of the molecule is Cc1nccc(C(=O)N[C@@H]2CC(F)(F)CC3(CCN(c4cccc(F)c4)C3=O)C2)n1. The summed E-state index contributed by atoms with van der Waals surface area (Å²) in [6, 6.07) is 6.06. The summed E-state index contributed by atoms with van der Waals surface area (Å²) >= 11 is 0. The molecule has 30 heavy (non-hydrogen) atoms. The number of alkyl halides is 2. The number of nitrogens with one attached hydrogen (secondary N) is 1. The van der Waals surface area contributed by atoms with Crippen LogP contribution in [-0.4, -0.2) is 40.3 Å². The highest BCUT2D eigenvalue weighted by Gasteiger charge is 2.57. The molecular weight excluding hydrogens is 397 g/mol. The van der Waals surface area contributed by atoms with Crippen molar-refractivity contribution >= 4 is 17.5 Å². The van der Waals surface area contributed by atoms with Gasteiger partial charge in [0, 0.05) is 37.3 Å². The summed E-state index contributed by atoms with van der Waals surface area (Å²) in [5.41, 5.74) is -0.861. The maximum Gasteiger partial charge on any atom is 0.270 e. The topological polar surface area (TPSA) is 75.2 Å². The zero-order valence-corrected chi connectivity index (χ0v) is 16.4. The van der Waals surface area contributed by atoms with E-state index in [1.165, 1.54) is 35.4 Å². The molecule has 2 aliphatic rings. The van der Waals surface area contributed by atoms with E-state index in [1.807, 2.05) is 0 Å². The van der Waals surface area contributed by atoms with E-state index in [0.717, 1.165) is 0 Å². The number of aromatic nitrogens is 2. The Morgan fingerprint density at radius 2 is 2.07 bits per heavy atom. The zero-order valence-electron chi connectivity index (χ0n) is 16.4. The predicted molar refractivity (Wildman–Crippen MR) is 103 cm³/mol. The molecule has 2 atom stereocenters. The number of aryl methyl sites for hydroxylation is 1. The maximum atomic E-state index is 14.6. The second-order valence-electron chi connectivity index (χ2n) is 8.07. The number of benzene rings is 1. The minimum Gasteiger partial charge on any atom is -0.348 e. The fourth-order valence-corrected chi connectivity index (χ4v) is 4.55. The fourth-order valence-electron chi connectivity index (χ4n) is 4.55. The van der Waals surface area contributed by atoms with Crippen molar-refractivity contribution in [3.8, 4) is 0 Å². The Morgan fingerprint density at radius 1 is 1.27 bits per heavy atom. The molecule has 1 saturated carbocycles. The van der Waals surface area contributed by atoms with Crippen molar-refractivity contribution in [2.75, 3.05) is 11.4 Å². The number of amides is 2. The van der Waals surface area contributed by atoms with Gasteiger partial charge >= 0.3 is 0 Å². The van der Waals surface area contributed by atoms with E-state index in [4.69, 9.17) is 0 Å². The molecule has 1 unspecified atom stereocenters. The van der Waals surface area contributed by atoms with Crippen molar-refractivity contribution in [2.45, 2.75) is 44.6 Å². The first-order valence-corrected chi connectivity index (χ1v) is 9.73. The molecule has 1 saturated heterocycles. The predicted octanol–water partition coefficient (Wildman–Crippen LogP) is 3.27. The molecule has 2 heterocycles. The van der Waals surface area contributed by atoms with Gasteiger partial charge in [-0.05, 0) is 44.0 Å². The number of hydrogen-bond donors (Lipinski definition) is 1. The molecule has 0 radical (unpaired) electrons. The van der Waals surface area contributed by atoms with Gasteiger partial charge in [0.1, 0.15) is 17.3 Å². The fraction of sp³-hybridized carbons (Fsp3) is 0.429. The largest absolute Gasteiger partial charge is 0.348 e. The Kier molecular flexibility index (Phi) is 4.99. The van der Waals surface area contributed by atoms with Gasteiger partial charge in [-0.15, -0.1) is 0 Å². The van der Waals surface area contributed by atoms with Crippen LogP contribution in [0.25, 0.3) is 0 Å². The lowest BCUT2D eigenvalue weighted by molar-refractivity contribution is -0.140. The van der Waals surface area contributed by atoms with Gasteiger partial charge in [-0.2, -0.15) is 0 Å². The molecule has 158 valence electrons. The third kappa shape index (κ3) is 3.88. The monoisotopic (exact) mass is 418 g/mol. The van der Waals surface area contributed by atoms with Gasteiger partial charge in [0.2, 0.25) is 5.91 Å². The van der Waals surface area contributed by atoms with Crippen LogP contribution >= 0.6 is 0 Å². The van der Waals surface area contributed by atoms with Crippen LogP contribution in [0.3, 0.4) is 0 Å². The Hall–Kier alpha value is -2.97. The van der Waals surface area contributed by atoms with Crippen molar-refractivity contribution in [1.82, 2.24) is 15.3 Å². The average molecular weight is 418 g/mol. The minimum atomic E-state index is -3.11. The second-order valence-corrected chi connectivity index (χ2v) is 8.07. The number of carbonyl (C=O) groups is 2. The van der Waals surface area contributed by atoms with Gasteiger partial charge < -0.3 is 10.2 Å². The van der Waals surface area contributed by atoms with Gasteiger partial charge in [-0.1, -0.05) is 6.07 Å². The van der Waals surface area contributed by atoms with Gasteiger partial charge in [0.05, 0.1) is 5.41 Å². The molecule has 9 heteroatoms. The molecule has 1 spiro atoms. The maximum absolute atomic E-state index is 14.6. The van der Waals surface area contributed by atoms with Crippen molar-refractivity contribution < 1.29 is 22.8 Å². The van der Waals surface area contributed by atoms with E-state index in [0.29, 0.717) is 11.5 Å². The van der Waals surface area contributed by atoms with Crippen LogP contribution in [0.1, 0.15) is 42.0 Å². The quantitative estimate of drug-likeness (QED) is 0.830. The smallest absolute Gasteiger partial charge is 0.270 e. The van der Waals surface area contributed by atoms with E-state index in [1.54, 1.807) is 13.0 Å². The first kappa shape index (κ1) is 20.3. The van der Waals surface area contributed by atoms with Gasteiger partial charge in [-0.25, -0.2) is 23.1 Å². The highest BCUT2D eigenvalue weighted by Crippen LogP contribution is 2.51. The van der Waals surface area contributed by atoms with Crippen molar-refractivity contribution in [3.05, 3.63) is 53.9 Å². The van der Waals surface area contributed by atoms with Crippen LogP contribution in [0, 0.1) is 18.2 Å². The normalized spacial score (nSPS) is 25.5. The minimum absolute atomic E-state index is 0.0876. The molecular formula is C21H21F3N4O2. The number of hydrogen-bond acceptors (Lipinski definition) is 4. The molecule has 1 N–H and O–H groups in total. The molecule has 6 nitrogen and oxygen atoms in total. The van der Waals surface area contributed by atoms with E-state index >= 15 is 0 Å². The molecule has 0 bridgehead atoms. The molecule has 2 aromatic rings. The highest BCUT2D eigenvalue weighted by atomic mass is 19.3. The molecule has 1 aromatic heterocycles. The Balaban J connectivity index is 1.55. The number of nitrogens with zero attached hydrogens (tertiary/aromatic N) is 3. The Labute approximate surface area is 171 Å². The summed E-state index contributed by atoms with van der Waals surface area (Å²) in [5.74, 6) is -4.24. The first-order chi connectivity index (χ1) is 14.2. The van der Waals surface area contributed by atoms with E-state index in [9.17, 15) is 22.8 Å². The Morgan fingerprint density at radius 3 is 2.80 bits per heavy atom. The van der Waals surface area contributed by atoms with Crippen molar-refractivity contribution in [2.24, 2.45) is 5.41 Å². The van der Waals surface area contributed by atoms with E-state index in [2.05, 4.69) is 15.3 Å². The van der Waals surface area contributed by atoms with Gasteiger partial charge in [-0.3, -0.25) is 9.59 Å². The molecule has 1 aromatic carbocycles. The van der Waals surface area contributed by atoms with Gasteiger partial charge in [0.15, 0.2) is 0 Å². The van der Waals surface area contributed by atoms with Crippen LogP contribution in [0.5, 0.6) is 0 Å². The summed E-state index contributed by atoms with van der Waals surface area (Å²) in [7, 11) is 0. The summed E-state index contributed by atoms with van der Waals surface area (Å²) in [6.45, 7) is 1.85. The highest BCUT2D eigenvalue weighted by molar-refractivity contribution is 6.00. The lowest BCUT2D eigenvalue weighted by Crippen LogP contribution is -2.52. The van der Waals surface area contributed by atoms with Gasteiger partial charge in [0.25, 0.3) is 11.8 Å². The number of anilines is 1. The van der Waals surface area contributed by atoms with Crippen molar-refractivity contribution in [3.63, 3.8) is 0 Å². The third-order valence-electron chi connectivity index (χ3n) is 5.76. The van der Waals surface area contributed by atoms with Crippen LogP contribution < -0.4 is 10.2 Å². The van der Waals surface area contributed by atoms with Crippen LogP contribution in [0.4, 0.5) is 18.9 Å². The lowest BCUT2D eigenvalue weighted by Gasteiger charge is -2.41. The van der Waals surface area contributed by atoms with Crippen LogP contribution in [-0.2, 0) is 4.79 Å². The average Bonchev–Trinajstić information content (AvgIpc) is 2.95. The molecule has 2 fully saturated rings. The number of rotatable bonds is 3. The zero-order chi connectivity index (χ0) is 21.5. The van der Waals surface area contributed by atoms with Crippen LogP contribution in [0.15, 0.2) is 36.5 Å². The summed E-state index contributed by atoms with van der Waals surface area (Å²) in [5, 5.41) is 2.61. The molecule has 1 aliphatic carbocycles. The lowest BCUT2D eigenvalue weighted by atomic mass is 9.69. The summed E-state index contributed by atoms with van der Waals surface area (Å²) in [6.07, 6.45) is 0.618. The number of halogens is 3. The van der Waals surface area contributed by atoms with E-state index in [-0.39, 0.29) is 25.1 Å². The molecule has 2 amide bonds. The third-order valence-corrected chi connectivity index (χ3v) is 5.76. The first-order valence-electron chi connectivity index (χ1n) is 9.73.